The monoisotopic (exact) mass is 66.0 g/mol. The Kier molecular flexibility index (Phi) is 3.12. The van der Waals surface area contributed by atoms with Gasteiger partial charge in [-0.2, -0.15) is 0 Å². The van der Waals surface area contributed by atoms with E-state index in [1.165, 1.54) is 6.08 Å². The molecule has 0 heteroatoms. The van der Waals surface area contributed by atoms with Crippen LogP contribution in [0.15, 0.2) is 12.2 Å². The van der Waals surface area contributed by atoms with Gasteiger partial charge in [0.05, 0.1) is 0 Å². The summed E-state index contributed by atoms with van der Waals surface area (Å²) < 4.78 is 0. The highest BCUT2D eigenvalue weighted by atomic mass is 13.5. The normalized spacial score (nSPS) is 9.00. The molecule has 0 heterocycles. The van der Waals surface area contributed by atoms with Gasteiger partial charge >= 0.3 is 0 Å². The first-order valence-electron chi connectivity index (χ1n) is 1.49. The highest BCUT2D eigenvalue weighted by Crippen LogP contribution is 1.61. The smallest absolute Gasteiger partial charge is 0.0230 e. The molecule has 0 N–H and O–H groups in total. The Hall–Kier alpha value is -0.520. The van der Waals surface area contributed by atoms with E-state index in [0.717, 1.165) is 0 Å². The molecule has 0 aliphatic carbocycles. The van der Waals surface area contributed by atoms with Gasteiger partial charge in [0.1, 0.15) is 0 Å². The van der Waals surface area contributed by atoms with Gasteiger partial charge in [0.25, 0.3) is 0 Å². The van der Waals surface area contributed by atoms with Gasteiger partial charge < -0.3 is 0 Å². The molecular weight excluding hydrogens is 60.1 g/mol. The fourth-order valence-corrected chi connectivity index (χ4v) is 0.0962. The quantitative estimate of drug-likeness (QED) is 0.405. The summed E-state index contributed by atoms with van der Waals surface area (Å²) in [6, 6.07) is 0. The van der Waals surface area contributed by atoms with Crippen molar-refractivity contribution in [2.75, 3.05) is 0 Å². The number of hydrogen-bond donors (Lipinski definition) is 0. The number of hydrogen-bond acceptors (Lipinski definition) is 0. The largest absolute Gasteiger partial charge is 0.0798 e. The lowest BCUT2D eigenvalue weighted by molar-refractivity contribution is 1.70. The zero-order chi connectivity index (χ0) is 4.12. The molecule has 5 heavy (non-hydrogen) atoms. The third kappa shape index (κ3) is 3.48. The molecule has 26 valence electrons. The lowest BCUT2D eigenvalue weighted by atomic mass is 10.5. The van der Waals surface area contributed by atoms with Gasteiger partial charge in [-0.3, -0.25) is 0 Å². The minimum Gasteiger partial charge on any atom is -0.0798 e. The van der Waals surface area contributed by atoms with Crippen LogP contribution in [0.1, 0.15) is 6.92 Å². The standard InChI is InChI=1S/C5H6/c1-3-5-4-2/h1,3-4H,2H3. The fourth-order valence-electron chi connectivity index (χ4n) is 0.0962. The van der Waals surface area contributed by atoms with E-state index in [9.17, 15) is 0 Å². The summed E-state index contributed by atoms with van der Waals surface area (Å²) >= 11 is 0. The number of rotatable bonds is 1. The Balaban J connectivity index is 2.92. The van der Waals surface area contributed by atoms with Crippen molar-refractivity contribution in [3.05, 3.63) is 24.8 Å². The van der Waals surface area contributed by atoms with Gasteiger partial charge in [-0.05, 0) is 13.0 Å². The SMILES string of the molecule is [CH]=C/[C]=C/C. The molecule has 0 saturated carbocycles. The van der Waals surface area contributed by atoms with Gasteiger partial charge in [-0.1, -0.05) is 18.7 Å². The van der Waals surface area contributed by atoms with Crippen molar-refractivity contribution < 1.29 is 0 Å². The molecule has 2 radical (unpaired) electrons. The maximum atomic E-state index is 4.87. The lowest BCUT2D eigenvalue weighted by Gasteiger charge is -1.54. The molecule has 0 spiro atoms. The molecule has 0 aliphatic rings. The van der Waals surface area contributed by atoms with Crippen molar-refractivity contribution in [3.63, 3.8) is 0 Å². The second-order valence-electron chi connectivity index (χ2n) is 0.622. The molecule has 0 aromatic heterocycles. The Labute approximate surface area is 32.8 Å². The van der Waals surface area contributed by atoms with Crippen molar-refractivity contribution >= 4 is 0 Å². The topological polar surface area (TPSA) is 0 Å². The zero-order valence-corrected chi connectivity index (χ0v) is 3.23. The van der Waals surface area contributed by atoms with Crippen LogP contribution in [0.2, 0.25) is 0 Å². The van der Waals surface area contributed by atoms with Crippen LogP contribution in [0.4, 0.5) is 0 Å². The van der Waals surface area contributed by atoms with Crippen LogP contribution in [0.25, 0.3) is 0 Å². The highest BCUT2D eigenvalue weighted by Gasteiger charge is 1.44. The Morgan fingerprint density at radius 1 is 1.80 bits per heavy atom. The molecule has 0 aromatic carbocycles. The van der Waals surface area contributed by atoms with E-state index in [1.807, 2.05) is 6.92 Å². The first kappa shape index (κ1) is 4.48. The molecule has 0 bridgehead atoms. The first-order valence-corrected chi connectivity index (χ1v) is 1.49. The molecule has 0 aromatic rings. The molecular formula is C5H6. The third-order valence-corrected chi connectivity index (χ3v) is 0.263. The average molecular weight is 66.1 g/mol. The Morgan fingerprint density at radius 2 is 2.40 bits per heavy atom. The van der Waals surface area contributed by atoms with Crippen molar-refractivity contribution in [2.24, 2.45) is 0 Å². The van der Waals surface area contributed by atoms with Crippen molar-refractivity contribution in [1.29, 1.82) is 0 Å². The zero-order valence-electron chi connectivity index (χ0n) is 3.23. The highest BCUT2D eigenvalue weighted by molar-refractivity contribution is 4.82. The summed E-state index contributed by atoms with van der Waals surface area (Å²) in [6.45, 7) is 6.74. The molecule has 0 saturated heterocycles. The van der Waals surface area contributed by atoms with Crippen LogP contribution in [-0.4, -0.2) is 0 Å². The molecule has 0 unspecified atom stereocenters. The van der Waals surface area contributed by atoms with E-state index < -0.39 is 0 Å². The molecule has 0 fully saturated rings. The van der Waals surface area contributed by atoms with E-state index in [1.54, 1.807) is 6.08 Å². The van der Waals surface area contributed by atoms with E-state index in [2.05, 4.69) is 6.08 Å². The Morgan fingerprint density at radius 3 is 2.40 bits per heavy atom. The molecule has 0 nitrogen and oxygen atoms in total. The van der Waals surface area contributed by atoms with Gasteiger partial charge in [0, 0.05) is 0 Å². The summed E-state index contributed by atoms with van der Waals surface area (Å²) in [7, 11) is 0. The second-order valence-corrected chi connectivity index (χ2v) is 0.622. The van der Waals surface area contributed by atoms with Gasteiger partial charge in [-0.15, -0.1) is 0 Å². The van der Waals surface area contributed by atoms with Crippen LogP contribution in [-0.2, 0) is 0 Å². The first-order chi connectivity index (χ1) is 2.41. The molecule has 0 rings (SSSR count). The maximum absolute atomic E-state index is 4.87. The van der Waals surface area contributed by atoms with Gasteiger partial charge in [0.15, 0.2) is 0 Å². The minimum absolute atomic E-state index is 1.38. The second kappa shape index (κ2) is 3.48. The average Bonchev–Trinajstić information content (AvgIpc) is 1.41. The summed E-state index contributed by atoms with van der Waals surface area (Å²) in [4.78, 5) is 0. The Bertz CT molecular complexity index is 42.0. The fraction of sp³-hybridized carbons (Fsp3) is 0.200. The minimum atomic E-state index is 1.38. The predicted molar refractivity (Wildman–Crippen MR) is 22.4 cm³/mol. The van der Waals surface area contributed by atoms with Crippen molar-refractivity contribution in [3.8, 4) is 0 Å². The molecule has 0 atom stereocenters. The van der Waals surface area contributed by atoms with E-state index >= 15 is 0 Å². The van der Waals surface area contributed by atoms with Crippen LogP contribution < -0.4 is 0 Å². The van der Waals surface area contributed by atoms with Crippen LogP contribution in [0.5, 0.6) is 0 Å². The van der Waals surface area contributed by atoms with Gasteiger partial charge in [-0.25, -0.2) is 0 Å². The summed E-state index contributed by atoms with van der Waals surface area (Å²) in [5.41, 5.74) is 0. The summed E-state index contributed by atoms with van der Waals surface area (Å²) in [6.07, 6.45) is 5.76. The van der Waals surface area contributed by atoms with E-state index in [-0.39, 0.29) is 0 Å². The summed E-state index contributed by atoms with van der Waals surface area (Å²) in [5, 5.41) is 0. The maximum Gasteiger partial charge on any atom is -0.0230 e. The lowest BCUT2D eigenvalue weighted by Crippen LogP contribution is -1.36. The van der Waals surface area contributed by atoms with Crippen LogP contribution >= 0.6 is 0 Å². The van der Waals surface area contributed by atoms with Crippen LogP contribution in [0.3, 0.4) is 0 Å². The summed E-state index contributed by atoms with van der Waals surface area (Å²) in [5.74, 6) is 0. The molecule has 0 aliphatic heterocycles. The van der Waals surface area contributed by atoms with Crippen molar-refractivity contribution in [1.82, 2.24) is 0 Å². The third-order valence-electron chi connectivity index (χ3n) is 0.263. The van der Waals surface area contributed by atoms with Gasteiger partial charge in [0.2, 0.25) is 0 Å². The predicted octanol–water partition coefficient (Wildman–Crippen LogP) is 1.35. The van der Waals surface area contributed by atoms with E-state index in [4.69, 9.17) is 6.58 Å². The van der Waals surface area contributed by atoms with Crippen molar-refractivity contribution in [2.45, 2.75) is 6.92 Å². The molecule has 0 amide bonds. The van der Waals surface area contributed by atoms with E-state index in [0.29, 0.717) is 0 Å². The number of allylic oxidation sites excluding steroid dienone is 3. The van der Waals surface area contributed by atoms with Crippen LogP contribution in [0, 0.1) is 12.7 Å².